The molecule has 0 radical (unpaired) electrons. The van der Waals surface area contributed by atoms with Gasteiger partial charge >= 0.3 is 0 Å². The van der Waals surface area contributed by atoms with E-state index in [1.807, 2.05) is 32.0 Å². The molecule has 0 atom stereocenters. The standard InChI is InChI=1S/C17H21N3O3/c1-5-16-18-10-14(11(2)20-16)17(21)19-9-12-8-13(22-3)6-7-15(12)23-4/h6-8,10H,5,9H2,1-4H3,(H,19,21). The third-order valence-corrected chi connectivity index (χ3v) is 3.52. The SMILES string of the molecule is CCc1ncc(C(=O)NCc2cc(OC)ccc2OC)c(C)n1. The number of rotatable bonds is 6. The average molecular weight is 315 g/mol. The molecule has 6 nitrogen and oxygen atoms in total. The van der Waals surface area contributed by atoms with E-state index in [-0.39, 0.29) is 5.91 Å². The first kappa shape index (κ1) is 16.7. The Morgan fingerprint density at radius 2 is 2.04 bits per heavy atom. The summed E-state index contributed by atoms with van der Waals surface area (Å²) in [5.41, 5.74) is 1.99. The van der Waals surface area contributed by atoms with Crippen LogP contribution in [0, 0.1) is 6.92 Å². The summed E-state index contributed by atoms with van der Waals surface area (Å²) in [5.74, 6) is 1.92. The van der Waals surface area contributed by atoms with Gasteiger partial charge in [0, 0.05) is 24.7 Å². The van der Waals surface area contributed by atoms with E-state index in [1.165, 1.54) is 0 Å². The van der Waals surface area contributed by atoms with Gasteiger partial charge in [0.1, 0.15) is 17.3 Å². The first-order chi connectivity index (χ1) is 11.1. The van der Waals surface area contributed by atoms with E-state index in [4.69, 9.17) is 9.47 Å². The van der Waals surface area contributed by atoms with Crippen LogP contribution < -0.4 is 14.8 Å². The fourth-order valence-corrected chi connectivity index (χ4v) is 2.20. The number of hydrogen-bond donors (Lipinski definition) is 1. The van der Waals surface area contributed by atoms with Gasteiger partial charge in [-0.2, -0.15) is 0 Å². The van der Waals surface area contributed by atoms with E-state index < -0.39 is 0 Å². The summed E-state index contributed by atoms with van der Waals surface area (Å²) in [4.78, 5) is 20.8. The third-order valence-electron chi connectivity index (χ3n) is 3.52. The second kappa shape index (κ2) is 7.58. The molecule has 0 fully saturated rings. The summed E-state index contributed by atoms with van der Waals surface area (Å²) in [6, 6.07) is 5.46. The van der Waals surface area contributed by atoms with Crippen LogP contribution in [-0.2, 0) is 13.0 Å². The number of amides is 1. The van der Waals surface area contributed by atoms with E-state index in [1.54, 1.807) is 20.4 Å². The van der Waals surface area contributed by atoms with Crippen LogP contribution in [0.1, 0.15) is 34.4 Å². The van der Waals surface area contributed by atoms with Crippen molar-refractivity contribution in [3.8, 4) is 11.5 Å². The second-order valence-corrected chi connectivity index (χ2v) is 5.00. The summed E-state index contributed by atoms with van der Waals surface area (Å²) in [7, 11) is 3.19. The van der Waals surface area contributed by atoms with Crippen molar-refractivity contribution in [2.75, 3.05) is 14.2 Å². The van der Waals surface area contributed by atoms with Crippen molar-refractivity contribution < 1.29 is 14.3 Å². The Labute approximate surface area is 135 Å². The molecule has 0 bridgehead atoms. The molecule has 1 aromatic heterocycles. The average Bonchev–Trinajstić information content (AvgIpc) is 2.59. The Morgan fingerprint density at radius 3 is 2.65 bits per heavy atom. The molecule has 0 unspecified atom stereocenters. The van der Waals surface area contributed by atoms with E-state index in [0.717, 1.165) is 17.8 Å². The van der Waals surface area contributed by atoms with Gasteiger partial charge in [-0.05, 0) is 25.1 Å². The topological polar surface area (TPSA) is 73.3 Å². The van der Waals surface area contributed by atoms with Crippen LogP contribution >= 0.6 is 0 Å². The van der Waals surface area contributed by atoms with Crippen molar-refractivity contribution >= 4 is 5.91 Å². The van der Waals surface area contributed by atoms with Gasteiger partial charge in [0.15, 0.2) is 0 Å². The molecule has 0 aliphatic carbocycles. The number of benzene rings is 1. The molecule has 0 aliphatic heterocycles. The van der Waals surface area contributed by atoms with Crippen LogP contribution in [0.5, 0.6) is 11.5 Å². The maximum absolute atomic E-state index is 12.3. The lowest BCUT2D eigenvalue weighted by atomic mass is 10.1. The minimum atomic E-state index is -0.213. The van der Waals surface area contributed by atoms with Gasteiger partial charge in [0.25, 0.3) is 5.91 Å². The molecule has 0 saturated carbocycles. The lowest BCUT2D eigenvalue weighted by Gasteiger charge is -2.12. The molecule has 0 aliphatic rings. The molecule has 0 saturated heterocycles. The summed E-state index contributed by atoms with van der Waals surface area (Å²) in [6.07, 6.45) is 2.31. The Bertz CT molecular complexity index is 701. The number of aromatic nitrogens is 2. The lowest BCUT2D eigenvalue weighted by molar-refractivity contribution is 0.0949. The Hall–Kier alpha value is -2.63. The van der Waals surface area contributed by atoms with Gasteiger partial charge in [-0.1, -0.05) is 6.92 Å². The van der Waals surface area contributed by atoms with E-state index in [9.17, 15) is 4.79 Å². The highest BCUT2D eigenvalue weighted by atomic mass is 16.5. The first-order valence-corrected chi connectivity index (χ1v) is 7.40. The van der Waals surface area contributed by atoms with Crippen LogP contribution in [0.15, 0.2) is 24.4 Å². The molecule has 2 rings (SSSR count). The van der Waals surface area contributed by atoms with E-state index in [2.05, 4.69) is 15.3 Å². The predicted molar refractivity (Wildman–Crippen MR) is 86.9 cm³/mol. The van der Waals surface area contributed by atoms with Gasteiger partial charge < -0.3 is 14.8 Å². The number of ether oxygens (including phenoxy) is 2. The zero-order chi connectivity index (χ0) is 16.8. The van der Waals surface area contributed by atoms with Gasteiger partial charge in [-0.25, -0.2) is 9.97 Å². The molecular formula is C17H21N3O3. The maximum atomic E-state index is 12.3. The third kappa shape index (κ3) is 3.97. The number of hydrogen-bond acceptors (Lipinski definition) is 5. The highest BCUT2D eigenvalue weighted by molar-refractivity contribution is 5.94. The van der Waals surface area contributed by atoms with E-state index in [0.29, 0.717) is 29.3 Å². The molecule has 1 aromatic carbocycles. The van der Waals surface area contributed by atoms with Crippen LogP contribution in [0.3, 0.4) is 0 Å². The normalized spacial score (nSPS) is 10.3. The minimum Gasteiger partial charge on any atom is -0.497 e. The Morgan fingerprint density at radius 1 is 1.26 bits per heavy atom. The largest absolute Gasteiger partial charge is 0.497 e. The molecule has 6 heteroatoms. The number of carbonyl (C=O) groups is 1. The van der Waals surface area contributed by atoms with Gasteiger partial charge in [-0.15, -0.1) is 0 Å². The maximum Gasteiger partial charge on any atom is 0.254 e. The Kier molecular flexibility index (Phi) is 5.51. The van der Waals surface area contributed by atoms with Crippen molar-refractivity contribution in [1.82, 2.24) is 15.3 Å². The number of nitrogens with one attached hydrogen (secondary N) is 1. The second-order valence-electron chi connectivity index (χ2n) is 5.00. The quantitative estimate of drug-likeness (QED) is 0.885. The lowest BCUT2D eigenvalue weighted by Crippen LogP contribution is -2.24. The molecule has 0 spiro atoms. The highest BCUT2D eigenvalue weighted by Crippen LogP contribution is 2.23. The summed E-state index contributed by atoms with van der Waals surface area (Å²) < 4.78 is 10.5. The van der Waals surface area contributed by atoms with E-state index >= 15 is 0 Å². The molecule has 1 heterocycles. The van der Waals surface area contributed by atoms with Crippen LogP contribution in [0.2, 0.25) is 0 Å². The summed E-state index contributed by atoms with van der Waals surface area (Å²) in [6.45, 7) is 4.11. The number of carbonyl (C=O) groups excluding carboxylic acids is 1. The fraction of sp³-hybridized carbons (Fsp3) is 0.353. The van der Waals surface area contributed by atoms with Crippen LogP contribution in [0.4, 0.5) is 0 Å². The van der Waals surface area contributed by atoms with Crippen LogP contribution in [0.25, 0.3) is 0 Å². The smallest absolute Gasteiger partial charge is 0.254 e. The number of aryl methyl sites for hydroxylation is 2. The molecule has 1 amide bonds. The van der Waals surface area contributed by atoms with Crippen molar-refractivity contribution in [3.63, 3.8) is 0 Å². The van der Waals surface area contributed by atoms with Crippen molar-refractivity contribution in [1.29, 1.82) is 0 Å². The first-order valence-electron chi connectivity index (χ1n) is 7.40. The monoisotopic (exact) mass is 315 g/mol. The highest BCUT2D eigenvalue weighted by Gasteiger charge is 2.13. The van der Waals surface area contributed by atoms with Gasteiger partial charge in [-0.3, -0.25) is 4.79 Å². The van der Waals surface area contributed by atoms with Gasteiger partial charge in [0.2, 0.25) is 0 Å². The predicted octanol–water partition coefficient (Wildman–Crippen LogP) is 2.29. The van der Waals surface area contributed by atoms with Crippen molar-refractivity contribution in [2.24, 2.45) is 0 Å². The molecule has 122 valence electrons. The molecular weight excluding hydrogens is 294 g/mol. The Balaban J connectivity index is 2.13. The summed E-state index contributed by atoms with van der Waals surface area (Å²) in [5, 5.41) is 2.87. The van der Waals surface area contributed by atoms with Crippen LogP contribution in [-0.4, -0.2) is 30.1 Å². The number of nitrogens with zero attached hydrogens (tertiary/aromatic N) is 2. The zero-order valence-electron chi connectivity index (χ0n) is 13.8. The molecule has 1 N–H and O–H groups in total. The zero-order valence-corrected chi connectivity index (χ0v) is 13.8. The fourth-order valence-electron chi connectivity index (χ4n) is 2.20. The minimum absolute atomic E-state index is 0.213. The van der Waals surface area contributed by atoms with Crippen molar-refractivity contribution in [2.45, 2.75) is 26.8 Å². The molecule has 2 aromatic rings. The number of methoxy groups -OCH3 is 2. The summed E-state index contributed by atoms with van der Waals surface area (Å²) >= 11 is 0. The van der Waals surface area contributed by atoms with Crippen molar-refractivity contribution in [3.05, 3.63) is 47.0 Å². The molecule has 23 heavy (non-hydrogen) atoms. The van der Waals surface area contributed by atoms with Gasteiger partial charge in [0.05, 0.1) is 25.5 Å².